The van der Waals surface area contributed by atoms with Crippen molar-refractivity contribution in [2.24, 2.45) is 5.10 Å². The number of nitrogens with zero attached hydrogens (tertiary/aromatic N) is 4. The van der Waals surface area contributed by atoms with Crippen molar-refractivity contribution >= 4 is 57.2 Å². The van der Waals surface area contributed by atoms with Gasteiger partial charge in [-0.05, 0) is 30.3 Å². The van der Waals surface area contributed by atoms with Crippen molar-refractivity contribution < 1.29 is 9.47 Å². The third kappa shape index (κ3) is 3.85. The number of aromatic nitrogens is 3. The number of hydrazone groups is 1. The van der Waals surface area contributed by atoms with Crippen LogP contribution in [-0.2, 0) is 0 Å². The third-order valence-electron chi connectivity index (χ3n) is 5.36. The molecule has 0 fully saturated rings. The normalized spacial score (nSPS) is 12.6. The van der Waals surface area contributed by atoms with Crippen LogP contribution in [-0.4, -0.2) is 28.0 Å². The second-order valence-electron chi connectivity index (χ2n) is 7.56. The van der Waals surface area contributed by atoms with Crippen molar-refractivity contribution in [2.45, 2.75) is 0 Å². The van der Waals surface area contributed by atoms with E-state index in [1.54, 1.807) is 12.3 Å². The van der Waals surface area contributed by atoms with Gasteiger partial charge < -0.3 is 9.47 Å². The minimum atomic E-state index is 0.195. The fourth-order valence-electron chi connectivity index (χ4n) is 3.77. The van der Waals surface area contributed by atoms with Gasteiger partial charge in [-0.2, -0.15) is 5.10 Å². The zero-order valence-electron chi connectivity index (χ0n) is 17.5. The highest BCUT2D eigenvalue weighted by Crippen LogP contribution is 2.36. The first-order valence-corrected chi connectivity index (χ1v) is 11.1. The molecule has 9 heteroatoms. The van der Waals surface area contributed by atoms with Crippen molar-refractivity contribution in [1.82, 2.24) is 15.0 Å². The Bertz CT molecular complexity index is 1590. The molecule has 34 heavy (non-hydrogen) atoms. The van der Waals surface area contributed by atoms with Crippen LogP contribution >= 0.6 is 23.2 Å². The van der Waals surface area contributed by atoms with E-state index in [1.165, 1.54) is 0 Å². The van der Waals surface area contributed by atoms with Gasteiger partial charge in [-0.1, -0.05) is 53.5 Å². The van der Waals surface area contributed by atoms with Crippen molar-refractivity contribution in [3.63, 3.8) is 0 Å². The van der Waals surface area contributed by atoms with Crippen LogP contribution in [0.2, 0.25) is 10.2 Å². The average Bonchev–Trinajstić information content (AvgIpc) is 3.30. The van der Waals surface area contributed by atoms with E-state index in [0.29, 0.717) is 38.7 Å². The molecule has 7 nitrogen and oxygen atoms in total. The predicted octanol–water partition coefficient (Wildman–Crippen LogP) is 6.33. The maximum Gasteiger partial charge on any atom is 0.244 e. The van der Waals surface area contributed by atoms with Gasteiger partial charge in [0.15, 0.2) is 11.5 Å². The maximum absolute atomic E-state index is 6.39. The van der Waals surface area contributed by atoms with Crippen LogP contribution in [0.15, 0.2) is 71.8 Å². The van der Waals surface area contributed by atoms with E-state index in [9.17, 15) is 0 Å². The highest BCUT2D eigenvalue weighted by atomic mass is 35.5. The summed E-state index contributed by atoms with van der Waals surface area (Å²) < 4.78 is 10.9. The smallest absolute Gasteiger partial charge is 0.244 e. The van der Waals surface area contributed by atoms with E-state index in [2.05, 4.69) is 25.5 Å². The van der Waals surface area contributed by atoms with Gasteiger partial charge >= 0.3 is 0 Å². The van der Waals surface area contributed by atoms with E-state index in [4.69, 9.17) is 32.7 Å². The van der Waals surface area contributed by atoms with Gasteiger partial charge in [0, 0.05) is 33.0 Å². The fraction of sp³-hybridized carbons (Fsp3) is 0.0400. The average molecular weight is 488 g/mol. The second-order valence-corrected chi connectivity index (χ2v) is 8.35. The summed E-state index contributed by atoms with van der Waals surface area (Å²) in [4.78, 5) is 13.7. The fourth-order valence-corrected chi connectivity index (χ4v) is 4.14. The van der Waals surface area contributed by atoms with Gasteiger partial charge in [0.1, 0.15) is 5.15 Å². The summed E-state index contributed by atoms with van der Waals surface area (Å²) in [6, 6.07) is 20.9. The van der Waals surface area contributed by atoms with Gasteiger partial charge in [-0.3, -0.25) is 0 Å². The third-order valence-corrected chi connectivity index (χ3v) is 5.90. The lowest BCUT2D eigenvalue weighted by atomic mass is 10.1. The molecule has 3 heterocycles. The standard InChI is InChI=1S/C25H15Cl2N5O2/c26-17-6-7-19-18(10-17)23(14-4-2-1-3-5-14)31-25(30-19)32-28-12-16-8-15-9-21-22(34-13-33-21)11-20(15)29-24(16)27/h1-12H,13H2,(H,30,31,32). The number of hydrogen-bond acceptors (Lipinski definition) is 7. The molecule has 0 unspecified atom stereocenters. The molecule has 3 aromatic carbocycles. The van der Waals surface area contributed by atoms with Gasteiger partial charge in [0.2, 0.25) is 12.7 Å². The van der Waals surface area contributed by atoms with Crippen LogP contribution in [0, 0.1) is 0 Å². The molecule has 0 atom stereocenters. The summed E-state index contributed by atoms with van der Waals surface area (Å²) >= 11 is 12.6. The number of nitrogens with one attached hydrogen (secondary N) is 1. The molecule has 166 valence electrons. The molecule has 1 aliphatic rings. The molecule has 0 spiro atoms. The van der Waals surface area contributed by atoms with E-state index >= 15 is 0 Å². The first kappa shape index (κ1) is 20.7. The SMILES string of the molecule is Clc1ccc2nc(NN=Cc3cc4cc5c(cc4nc3Cl)OCO5)nc(-c3ccccc3)c2c1. The first-order chi connectivity index (χ1) is 16.6. The van der Waals surface area contributed by atoms with Crippen LogP contribution in [0.5, 0.6) is 11.5 Å². The highest BCUT2D eigenvalue weighted by Gasteiger charge is 2.16. The number of anilines is 1. The Morgan fingerprint density at radius 2 is 1.68 bits per heavy atom. The van der Waals surface area contributed by atoms with Crippen molar-refractivity contribution in [1.29, 1.82) is 0 Å². The summed E-state index contributed by atoms with van der Waals surface area (Å²) in [6.45, 7) is 0.195. The summed E-state index contributed by atoms with van der Waals surface area (Å²) in [5, 5.41) is 6.96. The molecule has 0 radical (unpaired) electrons. The largest absolute Gasteiger partial charge is 0.454 e. The second kappa shape index (κ2) is 8.44. The van der Waals surface area contributed by atoms with Gasteiger partial charge in [0.25, 0.3) is 0 Å². The number of halogens is 2. The molecule has 5 aromatic rings. The summed E-state index contributed by atoms with van der Waals surface area (Å²) in [6.07, 6.45) is 1.58. The van der Waals surface area contributed by atoms with Crippen LogP contribution in [0.1, 0.15) is 5.56 Å². The van der Waals surface area contributed by atoms with Crippen molar-refractivity contribution in [3.8, 4) is 22.8 Å². The number of pyridine rings is 1. The van der Waals surface area contributed by atoms with Gasteiger partial charge in [-0.15, -0.1) is 0 Å². The Balaban J connectivity index is 1.34. The van der Waals surface area contributed by atoms with E-state index < -0.39 is 0 Å². The zero-order valence-corrected chi connectivity index (χ0v) is 19.0. The molecular formula is C25H15Cl2N5O2. The quantitative estimate of drug-likeness (QED) is 0.181. The molecule has 0 aliphatic carbocycles. The summed E-state index contributed by atoms with van der Waals surface area (Å²) in [5.41, 5.74) is 6.71. The Labute approximate surface area is 204 Å². The van der Waals surface area contributed by atoms with E-state index in [1.807, 2.05) is 60.7 Å². The minimum Gasteiger partial charge on any atom is -0.454 e. The number of rotatable bonds is 4. The minimum absolute atomic E-state index is 0.195. The molecule has 0 bridgehead atoms. The lowest BCUT2D eigenvalue weighted by molar-refractivity contribution is 0.174. The predicted molar refractivity (Wildman–Crippen MR) is 134 cm³/mol. The van der Waals surface area contributed by atoms with E-state index in [-0.39, 0.29) is 6.79 Å². The number of benzene rings is 3. The topological polar surface area (TPSA) is 81.5 Å². The summed E-state index contributed by atoms with van der Waals surface area (Å²) in [7, 11) is 0. The summed E-state index contributed by atoms with van der Waals surface area (Å²) in [5.74, 6) is 1.68. The lowest BCUT2D eigenvalue weighted by Crippen LogP contribution is -2.00. The highest BCUT2D eigenvalue weighted by molar-refractivity contribution is 6.32. The molecule has 1 aliphatic heterocycles. The van der Waals surface area contributed by atoms with Gasteiger partial charge in [0.05, 0.1) is 22.9 Å². The van der Waals surface area contributed by atoms with Gasteiger partial charge in [-0.25, -0.2) is 20.4 Å². The number of fused-ring (bicyclic) bond motifs is 3. The molecule has 0 saturated carbocycles. The van der Waals surface area contributed by atoms with E-state index in [0.717, 1.165) is 27.5 Å². The zero-order chi connectivity index (χ0) is 23.1. The van der Waals surface area contributed by atoms with Crippen LogP contribution in [0.3, 0.4) is 0 Å². The molecular weight excluding hydrogens is 473 g/mol. The molecule has 0 amide bonds. The maximum atomic E-state index is 6.39. The number of ether oxygens (including phenoxy) is 2. The molecule has 1 N–H and O–H groups in total. The van der Waals surface area contributed by atoms with Crippen LogP contribution in [0.4, 0.5) is 5.95 Å². The molecule has 0 saturated heterocycles. The number of hydrogen-bond donors (Lipinski definition) is 1. The van der Waals surface area contributed by atoms with Crippen molar-refractivity contribution in [3.05, 3.63) is 82.5 Å². The van der Waals surface area contributed by atoms with Crippen molar-refractivity contribution in [2.75, 3.05) is 12.2 Å². The molecule has 2 aromatic heterocycles. The van der Waals surface area contributed by atoms with Crippen LogP contribution in [0.25, 0.3) is 33.1 Å². The Hall–Kier alpha value is -3.94. The Morgan fingerprint density at radius 1 is 0.853 bits per heavy atom. The molecule has 6 rings (SSSR count). The lowest BCUT2D eigenvalue weighted by Gasteiger charge is -2.09. The Morgan fingerprint density at radius 3 is 2.53 bits per heavy atom. The Kier molecular flexibility index (Phi) is 5.13. The monoisotopic (exact) mass is 487 g/mol. The first-order valence-electron chi connectivity index (χ1n) is 10.4. The van der Waals surface area contributed by atoms with Crippen LogP contribution < -0.4 is 14.9 Å².